The second kappa shape index (κ2) is 9.99. The van der Waals surface area contributed by atoms with Gasteiger partial charge in [0.25, 0.3) is 11.6 Å². The fourth-order valence-electron chi connectivity index (χ4n) is 3.47. The minimum absolute atomic E-state index is 0.0299. The average Bonchev–Trinajstić information content (AvgIpc) is 3.13. The normalized spacial score (nSPS) is 14.3. The molecule has 0 aliphatic carbocycles. The van der Waals surface area contributed by atoms with Gasteiger partial charge in [0, 0.05) is 12.1 Å². The lowest BCUT2D eigenvalue weighted by Crippen LogP contribution is -2.21. The third-order valence-electron chi connectivity index (χ3n) is 5.18. The lowest BCUT2D eigenvalue weighted by molar-refractivity contribution is -0.384. The first-order valence-electron chi connectivity index (χ1n) is 10.8. The van der Waals surface area contributed by atoms with Crippen molar-refractivity contribution < 1.29 is 19.2 Å². The van der Waals surface area contributed by atoms with Crippen LogP contribution in [0.2, 0.25) is 0 Å². The first-order chi connectivity index (χ1) is 16.5. The molecule has 0 N–H and O–H groups in total. The van der Waals surface area contributed by atoms with Crippen molar-refractivity contribution in [2.24, 2.45) is 5.10 Å². The van der Waals surface area contributed by atoms with Gasteiger partial charge in [-0.15, -0.1) is 0 Å². The van der Waals surface area contributed by atoms with Crippen LogP contribution in [0.3, 0.4) is 0 Å². The molecule has 8 nitrogen and oxygen atoms in total. The molecule has 0 atom stereocenters. The van der Waals surface area contributed by atoms with Crippen molar-refractivity contribution in [3.8, 4) is 11.5 Å². The van der Waals surface area contributed by atoms with E-state index in [2.05, 4.69) is 5.10 Å². The Labute approximate surface area is 196 Å². The summed E-state index contributed by atoms with van der Waals surface area (Å²) in [6.07, 6.45) is 1.78. The number of nitro benzene ring substituents is 1. The predicted molar refractivity (Wildman–Crippen MR) is 130 cm³/mol. The van der Waals surface area contributed by atoms with E-state index >= 15 is 0 Å². The molecular weight excluding hydrogens is 434 g/mol. The van der Waals surface area contributed by atoms with Crippen molar-refractivity contribution in [1.82, 2.24) is 0 Å². The number of carbonyl (C=O) groups excluding carboxylic acids is 1. The van der Waals surface area contributed by atoms with Crippen molar-refractivity contribution in [3.05, 3.63) is 99.6 Å². The summed E-state index contributed by atoms with van der Waals surface area (Å²) in [4.78, 5) is 23.3. The van der Waals surface area contributed by atoms with Crippen LogP contribution in [-0.2, 0) is 11.4 Å². The molecule has 8 heteroatoms. The topological polar surface area (TPSA) is 94.3 Å². The van der Waals surface area contributed by atoms with Gasteiger partial charge in [-0.25, -0.2) is 0 Å². The molecule has 1 aliphatic heterocycles. The highest BCUT2D eigenvalue weighted by atomic mass is 16.6. The number of non-ortho nitro benzene ring substituents is 1. The SMILES string of the molecule is CCOc1cc(/C=C2/C(=O)N(c3ccccc3)N=C2C)ccc1OCc1ccc([N+](=O)[O-])cc1. The molecule has 0 unspecified atom stereocenters. The summed E-state index contributed by atoms with van der Waals surface area (Å²) in [5.41, 5.74) is 3.45. The van der Waals surface area contributed by atoms with Crippen molar-refractivity contribution in [2.45, 2.75) is 20.5 Å². The predicted octanol–water partition coefficient (Wildman–Crippen LogP) is 5.38. The summed E-state index contributed by atoms with van der Waals surface area (Å²) < 4.78 is 11.7. The molecule has 3 aromatic carbocycles. The van der Waals surface area contributed by atoms with E-state index in [4.69, 9.17) is 9.47 Å². The molecule has 0 aromatic heterocycles. The van der Waals surface area contributed by atoms with Crippen LogP contribution in [0.4, 0.5) is 11.4 Å². The Hall–Kier alpha value is -4.46. The Morgan fingerprint density at radius 3 is 2.41 bits per heavy atom. The molecule has 34 heavy (non-hydrogen) atoms. The summed E-state index contributed by atoms with van der Waals surface area (Å²) in [6.45, 7) is 4.35. The second-order valence-electron chi connectivity index (χ2n) is 7.55. The standard InChI is InChI=1S/C26H23N3O5/c1-3-33-25-16-20(11-14-24(25)34-17-19-9-12-22(13-10-19)29(31)32)15-23-18(2)27-28(26(23)30)21-7-5-4-6-8-21/h4-16H,3,17H2,1-2H3/b23-15+. The smallest absolute Gasteiger partial charge is 0.280 e. The number of ether oxygens (including phenoxy) is 2. The zero-order valence-electron chi connectivity index (χ0n) is 18.8. The number of nitrogens with zero attached hydrogens (tertiary/aromatic N) is 3. The first-order valence-corrected chi connectivity index (χ1v) is 10.8. The lowest BCUT2D eigenvalue weighted by Gasteiger charge is -2.13. The second-order valence-corrected chi connectivity index (χ2v) is 7.55. The zero-order chi connectivity index (χ0) is 24.1. The molecule has 0 saturated carbocycles. The third-order valence-corrected chi connectivity index (χ3v) is 5.18. The van der Waals surface area contributed by atoms with E-state index in [1.165, 1.54) is 17.1 Å². The fraction of sp³-hybridized carbons (Fsp3) is 0.154. The summed E-state index contributed by atoms with van der Waals surface area (Å²) in [6, 6.07) is 20.9. The van der Waals surface area contributed by atoms with Crippen LogP contribution in [0.5, 0.6) is 11.5 Å². The summed E-state index contributed by atoms with van der Waals surface area (Å²) in [5, 5.41) is 16.6. The molecule has 0 bridgehead atoms. The molecule has 1 aliphatic rings. The summed E-state index contributed by atoms with van der Waals surface area (Å²) in [7, 11) is 0. The zero-order valence-corrected chi connectivity index (χ0v) is 18.8. The average molecular weight is 457 g/mol. The van der Waals surface area contributed by atoms with E-state index in [9.17, 15) is 14.9 Å². The van der Waals surface area contributed by atoms with Gasteiger partial charge < -0.3 is 9.47 Å². The van der Waals surface area contributed by atoms with Crippen LogP contribution in [0.25, 0.3) is 6.08 Å². The fourth-order valence-corrected chi connectivity index (χ4v) is 3.47. The van der Waals surface area contributed by atoms with Crippen LogP contribution in [-0.4, -0.2) is 23.1 Å². The maximum Gasteiger partial charge on any atom is 0.280 e. The molecule has 0 spiro atoms. The molecule has 172 valence electrons. The van der Waals surface area contributed by atoms with Gasteiger partial charge >= 0.3 is 0 Å². The van der Waals surface area contributed by atoms with E-state index in [0.29, 0.717) is 35.1 Å². The molecule has 0 fully saturated rings. The van der Waals surface area contributed by atoms with Crippen molar-refractivity contribution in [1.29, 1.82) is 0 Å². The Balaban J connectivity index is 1.53. The van der Waals surface area contributed by atoms with E-state index < -0.39 is 4.92 Å². The number of amides is 1. The summed E-state index contributed by atoms with van der Waals surface area (Å²) >= 11 is 0. The van der Waals surface area contributed by atoms with Crippen molar-refractivity contribution in [3.63, 3.8) is 0 Å². The van der Waals surface area contributed by atoms with Gasteiger partial charge in [-0.3, -0.25) is 14.9 Å². The number of nitro groups is 1. The molecule has 0 radical (unpaired) electrons. The Bertz CT molecular complexity index is 1270. The number of rotatable bonds is 8. The van der Waals surface area contributed by atoms with Gasteiger partial charge in [-0.2, -0.15) is 10.1 Å². The molecule has 1 amide bonds. The van der Waals surface area contributed by atoms with Gasteiger partial charge in [0.2, 0.25) is 0 Å². The number of hydrazone groups is 1. The van der Waals surface area contributed by atoms with Crippen LogP contribution < -0.4 is 14.5 Å². The van der Waals surface area contributed by atoms with Crippen molar-refractivity contribution >= 4 is 29.1 Å². The van der Waals surface area contributed by atoms with Crippen LogP contribution in [0.15, 0.2) is 83.5 Å². The van der Waals surface area contributed by atoms with Gasteiger partial charge in [-0.1, -0.05) is 24.3 Å². The first kappa shape index (κ1) is 22.7. The van der Waals surface area contributed by atoms with E-state index in [-0.39, 0.29) is 18.2 Å². The van der Waals surface area contributed by atoms with Crippen molar-refractivity contribution in [2.75, 3.05) is 11.6 Å². The number of carbonyl (C=O) groups is 1. The largest absolute Gasteiger partial charge is 0.490 e. The van der Waals surface area contributed by atoms with Crippen LogP contribution >= 0.6 is 0 Å². The Kier molecular flexibility index (Phi) is 6.68. The van der Waals surface area contributed by atoms with E-state index in [1.54, 1.807) is 31.2 Å². The maximum atomic E-state index is 13.0. The molecule has 4 rings (SSSR count). The molecule has 1 heterocycles. The summed E-state index contributed by atoms with van der Waals surface area (Å²) in [5.74, 6) is 0.885. The minimum Gasteiger partial charge on any atom is -0.490 e. The van der Waals surface area contributed by atoms with Gasteiger partial charge in [0.1, 0.15) is 6.61 Å². The monoisotopic (exact) mass is 457 g/mol. The van der Waals surface area contributed by atoms with Crippen LogP contribution in [0, 0.1) is 10.1 Å². The number of hydrogen-bond acceptors (Lipinski definition) is 6. The molecule has 3 aromatic rings. The highest BCUT2D eigenvalue weighted by Crippen LogP contribution is 2.31. The van der Waals surface area contributed by atoms with E-state index in [0.717, 1.165) is 11.1 Å². The number of benzene rings is 3. The lowest BCUT2D eigenvalue weighted by atomic mass is 10.1. The minimum atomic E-state index is -0.439. The van der Waals surface area contributed by atoms with Gasteiger partial charge in [0.15, 0.2) is 11.5 Å². The molecule has 0 saturated heterocycles. The van der Waals surface area contributed by atoms with E-state index in [1.807, 2.05) is 49.4 Å². The number of anilines is 1. The molecular formula is C26H23N3O5. The van der Waals surface area contributed by atoms with Gasteiger partial charge in [0.05, 0.1) is 28.5 Å². The third kappa shape index (κ3) is 4.96. The quantitative estimate of drug-likeness (QED) is 0.257. The van der Waals surface area contributed by atoms with Crippen LogP contribution in [0.1, 0.15) is 25.0 Å². The Morgan fingerprint density at radius 2 is 1.74 bits per heavy atom. The maximum absolute atomic E-state index is 13.0. The highest BCUT2D eigenvalue weighted by Gasteiger charge is 2.28. The number of para-hydroxylation sites is 1. The highest BCUT2D eigenvalue weighted by molar-refractivity contribution is 6.32. The number of hydrogen-bond donors (Lipinski definition) is 0. The van der Waals surface area contributed by atoms with Gasteiger partial charge in [-0.05, 0) is 67.4 Å². The Morgan fingerprint density at radius 1 is 1.00 bits per heavy atom.